The zero-order chi connectivity index (χ0) is 18.5. The lowest BCUT2D eigenvalue weighted by Gasteiger charge is -2.28. The fourth-order valence-corrected chi connectivity index (χ4v) is 2.90. The van der Waals surface area contributed by atoms with Gasteiger partial charge in [-0.05, 0) is 31.4 Å². The van der Waals surface area contributed by atoms with Crippen LogP contribution in [0.2, 0.25) is 0 Å². The van der Waals surface area contributed by atoms with Crippen molar-refractivity contribution in [1.82, 2.24) is 9.97 Å². The van der Waals surface area contributed by atoms with Gasteiger partial charge in [0.15, 0.2) is 0 Å². The van der Waals surface area contributed by atoms with Crippen LogP contribution in [0.1, 0.15) is 38.2 Å². The van der Waals surface area contributed by atoms with E-state index in [0.29, 0.717) is 23.5 Å². The third-order valence-corrected chi connectivity index (χ3v) is 4.35. The molecule has 0 spiro atoms. The number of hydrogen-bond acceptors (Lipinski definition) is 5. The number of benzene rings is 1. The lowest BCUT2D eigenvalue weighted by Crippen LogP contribution is -2.30. The van der Waals surface area contributed by atoms with Crippen LogP contribution in [-0.4, -0.2) is 29.0 Å². The van der Waals surface area contributed by atoms with Crippen molar-refractivity contribution in [3.05, 3.63) is 35.6 Å². The number of nitrogens with zero attached hydrogens (tertiary/aromatic N) is 4. The summed E-state index contributed by atoms with van der Waals surface area (Å²) in [5.41, 5.74) is 1.03. The average Bonchev–Trinajstić information content (AvgIpc) is 2.68. The average molecular weight is 353 g/mol. The van der Waals surface area contributed by atoms with E-state index in [1.54, 1.807) is 19.1 Å². The molecule has 1 aromatic heterocycles. The minimum absolute atomic E-state index is 0.0152. The SMILES string of the molecule is CCC(=O)Nc1nc(-c2ccc(C#N)c(F)c2)cc(N2CCCCC2)n1. The number of amides is 1. The van der Waals surface area contributed by atoms with E-state index in [4.69, 9.17) is 5.26 Å². The van der Waals surface area contributed by atoms with Gasteiger partial charge < -0.3 is 4.90 Å². The Hall–Kier alpha value is -3.01. The van der Waals surface area contributed by atoms with Gasteiger partial charge in [-0.15, -0.1) is 0 Å². The van der Waals surface area contributed by atoms with E-state index >= 15 is 0 Å². The van der Waals surface area contributed by atoms with Gasteiger partial charge in [-0.25, -0.2) is 9.37 Å². The maximum Gasteiger partial charge on any atom is 0.231 e. The molecule has 134 valence electrons. The Bertz CT molecular complexity index is 855. The number of carbonyl (C=O) groups is 1. The molecule has 2 aromatic rings. The van der Waals surface area contributed by atoms with Crippen LogP contribution >= 0.6 is 0 Å². The molecule has 7 heteroatoms. The van der Waals surface area contributed by atoms with Gasteiger partial charge in [0.25, 0.3) is 0 Å². The molecule has 3 rings (SSSR count). The van der Waals surface area contributed by atoms with Gasteiger partial charge in [0.2, 0.25) is 11.9 Å². The number of rotatable bonds is 4. The second-order valence-corrected chi connectivity index (χ2v) is 6.19. The zero-order valence-corrected chi connectivity index (χ0v) is 14.6. The molecule has 2 heterocycles. The van der Waals surface area contributed by atoms with Crippen molar-refractivity contribution in [2.75, 3.05) is 23.3 Å². The molecule has 1 N–H and O–H groups in total. The van der Waals surface area contributed by atoms with E-state index in [-0.39, 0.29) is 17.4 Å². The first-order valence-corrected chi connectivity index (χ1v) is 8.74. The van der Waals surface area contributed by atoms with Gasteiger partial charge >= 0.3 is 0 Å². The van der Waals surface area contributed by atoms with Crippen molar-refractivity contribution in [3.8, 4) is 17.3 Å². The molecule has 26 heavy (non-hydrogen) atoms. The van der Waals surface area contributed by atoms with E-state index in [9.17, 15) is 9.18 Å². The largest absolute Gasteiger partial charge is 0.356 e. The van der Waals surface area contributed by atoms with Crippen LogP contribution in [-0.2, 0) is 4.79 Å². The van der Waals surface area contributed by atoms with Crippen molar-refractivity contribution in [3.63, 3.8) is 0 Å². The molecular formula is C19H20FN5O. The Balaban J connectivity index is 2.02. The van der Waals surface area contributed by atoms with Crippen LogP contribution in [0.25, 0.3) is 11.3 Å². The molecule has 0 saturated carbocycles. The molecule has 1 fully saturated rings. The van der Waals surface area contributed by atoms with Gasteiger partial charge in [0.1, 0.15) is 17.7 Å². The first-order valence-electron chi connectivity index (χ1n) is 8.74. The lowest BCUT2D eigenvalue weighted by atomic mass is 10.1. The normalized spacial score (nSPS) is 14.0. The highest BCUT2D eigenvalue weighted by Gasteiger charge is 2.17. The van der Waals surface area contributed by atoms with Crippen LogP contribution in [0, 0.1) is 17.1 Å². The Labute approximate surface area is 151 Å². The van der Waals surface area contributed by atoms with E-state index < -0.39 is 5.82 Å². The summed E-state index contributed by atoms with van der Waals surface area (Å²) < 4.78 is 14.0. The summed E-state index contributed by atoms with van der Waals surface area (Å²) in [6.07, 6.45) is 3.68. The predicted molar refractivity (Wildman–Crippen MR) is 97.1 cm³/mol. The van der Waals surface area contributed by atoms with Crippen LogP contribution in [0.5, 0.6) is 0 Å². The third-order valence-electron chi connectivity index (χ3n) is 4.35. The van der Waals surface area contributed by atoms with Gasteiger partial charge in [-0.3, -0.25) is 10.1 Å². The molecule has 0 atom stereocenters. The quantitative estimate of drug-likeness (QED) is 0.910. The number of aromatic nitrogens is 2. The van der Waals surface area contributed by atoms with Gasteiger partial charge in [-0.1, -0.05) is 13.0 Å². The Morgan fingerprint density at radius 1 is 1.27 bits per heavy atom. The fourth-order valence-electron chi connectivity index (χ4n) is 2.90. The molecule has 1 aliphatic rings. The molecule has 0 aliphatic carbocycles. The van der Waals surface area contributed by atoms with Crippen molar-refractivity contribution in [1.29, 1.82) is 5.26 Å². The smallest absolute Gasteiger partial charge is 0.231 e. The maximum atomic E-state index is 14.0. The van der Waals surface area contributed by atoms with Crippen molar-refractivity contribution >= 4 is 17.7 Å². The Morgan fingerprint density at radius 3 is 2.69 bits per heavy atom. The van der Waals surface area contributed by atoms with Crippen LogP contribution in [0.4, 0.5) is 16.2 Å². The van der Waals surface area contributed by atoms with Crippen molar-refractivity contribution < 1.29 is 9.18 Å². The molecule has 1 aromatic carbocycles. The molecular weight excluding hydrogens is 333 g/mol. The number of hydrogen-bond donors (Lipinski definition) is 1. The second kappa shape index (κ2) is 7.91. The summed E-state index contributed by atoms with van der Waals surface area (Å²) in [4.78, 5) is 22.7. The Kier molecular flexibility index (Phi) is 5.42. The summed E-state index contributed by atoms with van der Waals surface area (Å²) in [5, 5.41) is 11.6. The molecule has 0 unspecified atom stereocenters. The standard InChI is InChI=1S/C19H20FN5O/c1-2-18(26)24-19-22-16(13-6-7-14(12-21)15(20)10-13)11-17(23-19)25-8-4-3-5-9-25/h6-7,10-11H,2-5,8-9H2,1H3,(H,22,23,24,26). The minimum atomic E-state index is -0.595. The maximum absolute atomic E-state index is 14.0. The molecule has 1 amide bonds. The first-order chi connectivity index (χ1) is 12.6. The van der Waals surface area contributed by atoms with E-state index in [1.165, 1.54) is 18.6 Å². The summed E-state index contributed by atoms with van der Waals surface area (Å²) in [7, 11) is 0. The number of halogens is 1. The Morgan fingerprint density at radius 2 is 2.04 bits per heavy atom. The minimum Gasteiger partial charge on any atom is -0.356 e. The van der Waals surface area contributed by atoms with Crippen molar-refractivity contribution in [2.24, 2.45) is 0 Å². The predicted octanol–water partition coefficient (Wildman–Crippen LogP) is 3.49. The molecule has 1 aliphatic heterocycles. The van der Waals surface area contributed by atoms with Crippen LogP contribution in [0.15, 0.2) is 24.3 Å². The summed E-state index contributed by atoms with van der Waals surface area (Å²) in [6, 6.07) is 7.97. The number of piperidine rings is 1. The molecule has 0 radical (unpaired) electrons. The highest BCUT2D eigenvalue weighted by molar-refractivity contribution is 5.89. The van der Waals surface area contributed by atoms with E-state index in [1.807, 2.05) is 6.07 Å². The zero-order valence-electron chi connectivity index (χ0n) is 14.6. The van der Waals surface area contributed by atoms with Gasteiger partial charge in [0.05, 0.1) is 11.3 Å². The molecule has 0 bridgehead atoms. The van der Waals surface area contributed by atoms with Gasteiger partial charge in [-0.2, -0.15) is 10.2 Å². The molecule has 1 saturated heterocycles. The van der Waals surface area contributed by atoms with Gasteiger partial charge in [0, 0.05) is 31.1 Å². The number of anilines is 2. The first kappa shape index (κ1) is 17.8. The molecule has 6 nitrogen and oxygen atoms in total. The lowest BCUT2D eigenvalue weighted by molar-refractivity contribution is -0.115. The summed E-state index contributed by atoms with van der Waals surface area (Å²) in [6.45, 7) is 3.53. The van der Waals surface area contributed by atoms with E-state index in [2.05, 4.69) is 20.2 Å². The number of nitriles is 1. The van der Waals surface area contributed by atoms with Crippen LogP contribution in [0.3, 0.4) is 0 Å². The fraction of sp³-hybridized carbons (Fsp3) is 0.368. The highest BCUT2D eigenvalue weighted by Crippen LogP contribution is 2.26. The summed E-state index contributed by atoms with van der Waals surface area (Å²) >= 11 is 0. The van der Waals surface area contributed by atoms with Crippen molar-refractivity contribution in [2.45, 2.75) is 32.6 Å². The number of nitrogens with one attached hydrogen (secondary N) is 1. The monoisotopic (exact) mass is 353 g/mol. The van der Waals surface area contributed by atoms with Crippen LogP contribution < -0.4 is 10.2 Å². The topological polar surface area (TPSA) is 81.9 Å². The van der Waals surface area contributed by atoms with E-state index in [0.717, 1.165) is 25.9 Å². The third kappa shape index (κ3) is 3.97. The number of carbonyl (C=O) groups excluding carboxylic acids is 1. The second-order valence-electron chi connectivity index (χ2n) is 6.19. The highest BCUT2D eigenvalue weighted by atomic mass is 19.1. The summed E-state index contributed by atoms with van der Waals surface area (Å²) in [5.74, 6) is 0.144.